The Labute approximate surface area is 143 Å². The van der Waals surface area contributed by atoms with Crippen LogP contribution in [0.25, 0.3) is 0 Å². The molecule has 0 aromatic carbocycles. The zero-order valence-corrected chi connectivity index (χ0v) is 15.0. The lowest BCUT2D eigenvalue weighted by atomic mass is 10.00. The minimum atomic E-state index is -0.276. The normalized spacial score (nSPS) is 20.1. The highest BCUT2D eigenvalue weighted by Crippen LogP contribution is 2.23. The third-order valence-corrected chi connectivity index (χ3v) is 4.82. The molecule has 0 saturated carbocycles. The summed E-state index contributed by atoms with van der Waals surface area (Å²) in [4.78, 5) is 29.9. The maximum absolute atomic E-state index is 12.9. The van der Waals surface area contributed by atoms with E-state index in [4.69, 9.17) is 9.84 Å². The predicted molar refractivity (Wildman–Crippen MR) is 91.7 cm³/mol. The molecule has 6 nitrogen and oxygen atoms in total. The fourth-order valence-electron chi connectivity index (χ4n) is 3.57. The van der Waals surface area contributed by atoms with Gasteiger partial charge in [0.2, 0.25) is 0 Å². The smallest absolute Gasteiger partial charge is 0.196 e. The number of aromatic amines is 1. The van der Waals surface area contributed by atoms with E-state index in [0.717, 1.165) is 30.6 Å². The van der Waals surface area contributed by atoms with Gasteiger partial charge in [-0.25, -0.2) is 0 Å². The van der Waals surface area contributed by atoms with E-state index in [1.165, 1.54) is 6.92 Å². The molecule has 0 aliphatic carbocycles. The number of carbonyl (C=O) groups excluding carboxylic acids is 2. The van der Waals surface area contributed by atoms with Crippen molar-refractivity contribution in [3.63, 3.8) is 0 Å². The number of nitrogens with zero attached hydrogens (tertiary/aromatic N) is 1. The second kappa shape index (κ2) is 8.05. The van der Waals surface area contributed by atoms with Gasteiger partial charge in [-0.3, -0.25) is 14.5 Å². The second-order valence-corrected chi connectivity index (χ2v) is 6.57. The maximum atomic E-state index is 12.9. The highest BCUT2D eigenvalue weighted by Gasteiger charge is 2.30. The SMILES string of the molecule is CC(=O)c1c(C)[nH]c(C(=O)[C@@H](C)N2CCC[C@H](OCCO)C2)c1C. The number of piperidine rings is 1. The summed E-state index contributed by atoms with van der Waals surface area (Å²) in [6.45, 7) is 8.95. The summed E-state index contributed by atoms with van der Waals surface area (Å²) in [6.07, 6.45) is 1.97. The van der Waals surface area contributed by atoms with Gasteiger partial charge in [0.25, 0.3) is 0 Å². The van der Waals surface area contributed by atoms with E-state index in [-0.39, 0.29) is 30.3 Å². The molecular weight excluding hydrogens is 308 g/mol. The fourth-order valence-corrected chi connectivity index (χ4v) is 3.57. The van der Waals surface area contributed by atoms with E-state index >= 15 is 0 Å². The molecule has 2 atom stereocenters. The predicted octanol–water partition coefficient (Wildman–Crippen LogP) is 1.88. The van der Waals surface area contributed by atoms with E-state index in [9.17, 15) is 9.59 Å². The lowest BCUT2D eigenvalue weighted by Crippen LogP contribution is -2.47. The van der Waals surface area contributed by atoms with Crippen molar-refractivity contribution in [3.8, 4) is 0 Å². The molecule has 1 aromatic heterocycles. The van der Waals surface area contributed by atoms with Crippen LogP contribution in [0.5, 0.6) is 0 Å². The highest BCUT2D eigenvalue weighted by molar-refractivity contribution is 6.05. The Hall–Kier alpha value is -1.50. The number of aliphatic hydroxyl groups excluding tert-OH is 1. The van der Waals surface area contributed by atoms with Crippen molar-refractivity contribution in [3.05, 3.63) is 22.5 Å². The van der Waals surface area contributed by atoms with Crippen molar-refractivity contribution in [2.45, 2.75) is 52.7 Å². The lowest BCUT2D eigenvalue weighted by Gasteiger charge is -2.35. The Morgan fingerprint density at radius 3 is 2.71 bits per heavy atom. The number of aromatic nitrogens is 1. The van der Waals surface area contributed by atoms with Crippen molar-refractivity contribution in [2.24, 2.45) is 0 Å². The van der Waals surface area contributed by atoms with Crippen LogP contribution >= 0.6 is 0 Å². The summed E-state index contributed by atoms with van der Waals surface area (Å²) < 4.78 is 5.62. The van der Waals surface area contributed by atoms with Crippen LogP contribution in [-0.4, -0.2) is 65.0 Å². The van der Waals surface area contributed by atoms with Gasteiger partial charge in [0, 0.05) is 17.8 Å². The first-order valence-electron chi connectivity index (χ1n) is 8.57. The Bertz CT molecular complexity index is 608. The summed E-state index contributed by atoms with van der Waals surface area (Å²) in [5, 5.41) is 8.89. The number of ketones is 2. The van der Waals surface area contributed by atoms with Crippen LogP contribution in [0.2, 0.25) is 0 Å². The standard InChI is InChI=1S/C18H28N2O4/c1-11-16(14(4)22)12(2)19-17(11)18(23)13(3)20-7-5-6-15(10-20)24-9-8-21/h13,15,19,21H,5-10H2,1-4H3/t13-,15+/m1/s1. The number of carbonyl (C=O) groups is 2. The molecule has 1 saturated heterocycles. The molecular formula is C18H28N2O4. The van der Waals surface area contributed by atoms with Crippen molar-refractivity contribution >= 4 is 11.6 Å². The minimum absolute atomic E-state index is 0.00547. The molecule has 0 spiro atoms. The molecule has 2 heterocycles. The van der Waals surface area contributed by atoms with Gasteiger partial charge in [0.1, 0.15) is 0 Å². The molecule has 2 rings (SSSR count). The Balaban J connectivity index is 2.12. The molecule has 1 fully saturated rings. The number of H-pyrrole nitrogens is 1. The number of Topliss-reactive ketones (excluding diaryl/α,β-unsaturated/α-hetero) is 2. The molecule has 1 aromatic rings. The summed E-state index contributed by atoms with van der Waals surface area (Å²) in [6, 6.07) is -0.276. The molecule has 0 amide bonds. The van der Waals surface area contributed by atoms with Crippen molar-refractivity contribution in [2.75, 3.05) is 26.3 Å². The summed E-state index contributed by atoms with van der Waals surface area (Å²) in [7, 11) is 0. The van der Waals surface area contributed by atoms with Crippen molar-refractivity contribution < 1.29 is 19.4 Å². The van der Waals surface area contributed by atoms with Crippen LogP contribution in [0, 0.1) is 13.8 Å². The van der Waals surface area contributed by atoms with E-state index in [0.29, 0.717) is 24.4 Å². The molecule has 1 aliphatic heterocycles. The van der Waals surface area contributed by atoms with Crippen LogP contribution < -0.4 is 0 Å². The number of nitrogens with one attached hydrogen (secondary N) is 1. The molecule has 0 radical (unpaired) electrons. The molecule has 6 heteroatoms. The van der Waals surface area contributed by atoms with Crippen LogP contribution in [0.1, 0.15) is 58.8 Å². The van der Waals surface area contributed by atoms with Crippen molar-refractivity contribution in [1.82, 2.24) is 9.88 Å². The number of rotatable bonds is 7. The molecule has 0 bridgehead atoms. The van der Waals surface area contributed by atoms with E-state index in [1.807, 2.05) is 20.8 Å². The number of aliphatic hydroxyl groups is 1. The molecule has 0 unspecified atom stereocenters. The van der Waals surface area contributed by atoms with Gasteiger partial charge in [0.15, 0.2) is 11.6 Å². The first kappa shape index (κ1) is 18.8. The average Bonchev–Trinajstić information content (AvgIpc) is 2.86. The third kappa shape index (κ3) is 3.94. The summed E-state index contributed by atoms with van der Waals surface area (Å²) in [5.41, 5.74) is 2.64. The highest BCUT2D eigenvalue weighted by atomic mass is 16.5. The van der Waals surface area contributed by atoms with Gasteiger partial charge in [0.05, 0.1) is 31.1 Å². The number of likely N-dealkylation sites (tertiary alicyclic amines) is 1. The Morgan fingerprint density at radius 1 is 1.42 bits per heavy atom. The number of hydrogen-bond donors (Lipinski definition) is 2. The molecule has 24 heavy (non-hydrogen) atoms. The van der Waals surface area contributed by atoms with Gasteiger partial charge in [-0.2, -0.15) is 0 Å². The number of hydrogen-bond acceptors (Lipinski definition) is 5. The Morgan fingerprint density at radius 2 is 2.12 bits per heavy atom. The van der Waals surface area contributed by atoms with E-state index in [2.05, 4.69) is 9.88 Å². The summed E-state index contributed by atoms with van der Waals surface area (Å²) >= 11 is 0. The van der Waals surface area contributed by atoms with Gasteiger partial charge in [-0.1, -0.05) is 0 Å². The van der Waals surface area contributed by atoms with E-state index < -0.39 is 0 Å². The van der Waals surface area contributed by atoms with Gasteiger partial charge < -0.3 is 14.8 Å². The average molecular weight is 336 g/mol. The van der Waals surface area contributed by atoms with E-state index in [1.54, 1.807) is 0 Å². The largest absolute Gasteiger partial charge is 0.394 e. The quantitative estimate of drug-likeness (QED) is 0.743. The Kier molecular flexibility index (Phi) is 6.32. The molecule has 2 N–H and O–H groups in total. The fraction of sp³-hybridized carbons (Fsp3) is 0.667. The monoisotopic (exact) mass is 336 g/mol. The minimum Gasteiger partial charge on any atom is -0.394 e. The molecule has 134 valence electrons. The third-order valence-electron chi connectivity index (χ3n) is 4.82. The molecule has 1 aliphatic rings. The second-order valence-electron chi connectivity index (χ2n) is 6.57. The number of ether oxygens (including phenoxy) is 1. The van der Waals surface area contributed by atoms with Crippen LogP contribution in [0.3, 0.4) is 0 Å². The maximum Gasteiger partial charge on any atom is 0.196 e. The van der Waals surface area contributed by atoms with Gasteiger partial charge >= 0.3 is 0 Å². The number of aryl methyl sites for hydroxylation is 1. The summed E-state index contributed by atoms with van der Waals surface area (Å²) in [5.74, 6) is -0.0192. The van der Waals surface area contributed by atoms with Gasteiger partial charge in [-0.05, 0) is 52.6 Å². The zero-order valence-electron chi connectivity index (χ0n) is 15.0. The van der Waals surface area contributed by atoms with Gasteiger partial charge in [-0.15, -0.1) is 0 Å². The van der Waals surface area contributed by atoms with Crippen LogP contribution in [0.4, 0.5) is 0 Å². The van der Waals surface area contributed by atoms with Crippen LogP contribution in [0.15, 0.2) is 0 Å². The topological polar surface area (TPSA) is 82.6 Å². The van der Waals surface area contributed by atoms with Crippen molar-refractivity contribution in [1.29, 1.82) is 0 Å². The first-order chi connectivity index (χ1) is 11.4. The van der Waals surface area contributed by atoms with Crippen LogP contribution in [-0.2, 0) is 4.74 Å². The first-order valence-corrected chi connectivity index (χ1v) is 8.57. The lowest BCUT2D eigenvalue weighted by molar-refractivity contribution is -0.0207. The zero-order chi connectivity index (χ0) is 17.9.